The lowest BCUT2D eigenvalue weighted by Gasteiger charge is -2.32. The van der Waals surface area contributed by atoms with Crippen molar-refractivity contribution in [3.8, 4) is 0 Å². The molecule has 1 atom stereocenters. The zero-order valence-corrected chi connectivity index (χ0v) is 17.6. The van der Waals surface area contributed by atoms with Crippen molar-refractivity contribution in [2.45, 2.75) is 39.8 Å². The van der Waals surface area contributed by atoms with Gasteiger partial charge in [-0.2, -0.15) is 0 Å². The molecule has 1 saturated heterocycles. The van der Waals surface area contributed by atoms with Gasteiger partial charge in [0.2, 0.25) is 0 Å². The van der Waals surface area contributed by atoms with Gasteiger partial charge in [-0.15, -0.1) is 22.7 Å². The molecular formula is C19H29N5S2. The highest BCUT2D eigenvalue weighted by atomic mass is 32.1. The van der Waals surface area contributed by atoms with Crippen LogP contribution in [-0.2, 0) is 13.1 Å². The third kappa shape index (κ3) is 5.53. The van der Waals surface area contributed by atoms with E-state index in [0.717, 1.165) is 42.8 Å². The van der Waals surface area contributed by atoms with E-state index in [9.17, 15) is 0 Å². The van der Waals surface area contributed by atoms with Crippen LogP contribution in [0, 0.1) is 19.8 Å². The van der Waals surface area contributed by atoms with Crippen LogP contribution in [0.25, 0.3) is 0 Å². The largest absolute Gasteiger partial charge is 0.356 e. The summed E-state index contributed by atoms with van der Waals surface area (Å²) < 4.78 is 0. The first kappa shape index (κ1) is 19.3. The quantitative estimate of drug-likeness (QED) is 0.585. The van der Waals surface area contributed by atoms with Crippen molar-refractivity contribution < 1.29 is 0 Å². The van der Waals surface area contributed by atoms with Crippen LogP contribution in [-0.4, -0.2) is 42.5 Å². The Hall–Kier alpha value is -1.44. The third-order valence-corrected chi connectivity index (χ3v) is 6.76. The van der Waals surface area contributed by atoms with Gasteiger partial charge >= 0.3 is 0 Å². The molecule has 142 valence electrons. The minimum atomic E-state index is 0.673. The monoisotopic (exact) mass is 391 g/mol. The van der Waals surface area contributed by atoms with Crippen molar-refractivity contribution in [3.63, 3.8) is 0 Å². The summed E-state index contributed by atoms with van der Waals surface area (Å²) in [5.41, 5.74) is 1.13. The van der Waals surface area contributed by atoms with Crippen LogP contribution in [0.3, 0.4) is 0 Å². The van der Waals surface area contributed by atoms with E-state index in [1.165, 1.54) is 29.1 Å². The lowest BCUT2D eigenvalue weighted by Crippen LogP contribution is -2.44. The predicted octanol–water partition coefficient (Wildman–Crippen LogP) is 3.40. The Balaban J connectivity index is 1.42. The summed E-state index contributed by atoms with van der Waals surface area (Å²) in [5, 5.41) is 10.2. The zero-order valence-electron chi connectivity index (χ0n) is 15.9. The second kappa shape index (κ2) is 9.48. The average molecular weight is 392 g/mol. The van der Waals surface area contributed by atoms with Crippen LogP contribution in [0.4, 0.5) is 0 Å². The summed E-state index contributed by atoms with van der Waals surface area (Å²) in [6.45, 7) is 9.34. The smallest absolute Gasteiger partial charge is 0.191 e. The molecule has 1 fully saturated rings. The number of rotatable bonds is 6. The number of thiophene rings is 1. The van der Waals surface area contributed by atoms with Crippen molar-refractivity contribution in [2.75, 3.05) is 26.7 Å². The average Bonchev–Trinajstić information content (AvgIpc) is 3.25. The first-order valence-corrected chi connectivity index (χ1v) is 11.0. The molecule has 0 aromatic carbocycles. The summed E-state index contributed by atoms with van der Waals surface area (Å²) in [6, 6.07) is 4.38. The van der Waals surface area contributed by atoms with Gasteiger partial charge in [-0.1, -0.05) is 6.07 Å². The van der Waals surface area contributed by atoms with Crippen LogP contribution in [0.5, 0.6) is 0 Å². The number of aliphatic imine (C=N–C) groups is 1. The van der Waals surface area contributed by atoms with Gasteiger partial charge < -0.3 is 10.6 Å². The van der Waals surface area contributed by atoms with E-state index in [1.54, 1.807) is 11.3 Å². The lowest BCUT2D eigenvalue weighted by molar-refractivity contribution is 0.169. The van der Waals surface area contributed by atoms with Crippen LogP contribution in [0.2, 0.25) is 0 Å². The van der Waals surface area contributed by atoms with Gasteiger partial charge in [0.1, 0.15) is 5.01 Å². The van der Waals surface area contributed by atoms with Crippen molar-refractivity contribution >= 4 is 28.6 Å². The molecule has 1 aliphatic rings. The third-order valence-electron chi connectivity index (χ3n) is 4.82. The molecule has 3 heterocycles. The van der Waals surface area contributed by atoms with Crippen LogP contribution in [0.15, 0.2) is 22.5 Å². The van der Waals surface area contributed by atoms with Gasteiger partial charge in [-0.05, 0) is 50.6 Å². The summed E-state index contributed by atoms with van der Waals surface area (Å²) in [4.78, 5) is 14.3. The van der Waals surface area contributed by atoms with Crippen LogP contribution in [0.1, 0.15) is 33.3 Å². The Morgan fingerprint density at radius 2 is 2.27 bits per heavy atom. The molecule has 0 amide bonds. The van der Waals surface area contributed by atoms with Gasteiger partial charge in [0.15, 0.2) is 5.96 Å². The normalized spacial score (nSPS) is 18.9. The molecule has 2 N–H and O–H groups in total. The summed E-state index contributed by atoms with van der Waals surface area (Å²) >= 11 is 3.61. The predicted molar refractivity (Wildman–Crippen MR) is 112 cm³/mol. The molecule has 2 aromatic rings. The van der Waals surface area contributed by atoms with E-state index in [-0.39, 0.29) is 0 Å². The fraction of sp³-hybridized carbons (Fsp3) is 0.579. The van der Waals surface area contributed by atoms with E-state index in [0.29, 0.717) is 5.92 Å². The number of piperidine rings is 1. The lowest BCUT2D eigenvalue weighted by atomic mass is 9.98. The van der Waals surface area contributed by atoms with E-state index in [1.807, 2.05) is 18.4 Å². The van der Waals surface area contributed by atoms with Crippen LogP contribution >= 0.6 is 22.7 Å². The highest BCUT2D eigenvalue weighted by molar-refractivity contribution is 7.11. The molecule has 5 nitrogen and oxygen atoms in total. The summed E-state index contributed by atoms with van der Waals surface area (Å²) in [5.74, 6) is 1.54. The number of nitrogens with one attached hydrogen (secondary N) is 2. The molecule has 7 heteroatoms. The Morgan fingerprint density at radius 3 is 2.96 bits per heavy atom. The van der Waals surface area contributed by atoms with E-state index >= 15 is 0 Å². The van der Waals surface area contributed by atoms with E-state index in [4.69, 9.17) is 0 Å². The molecule has 0 spiro atoms. The Morgan fingerprint density at radius 1 is 1.38 bits per heavy atom. The SMILES string of the molecule is CN=C(NCc1nc(C)c(C)s1)NCC1CCCN(Cc2cccs2)C1. The maximum atomic E-state index is 4.58. The Kier molecular flexibility index (Phi) is 7.05. The van der Waals surface area contributed by atoms with E-state index < -0.39 is 0 Å². The molecule has 0 aliphatic carbocycles. The van der Waals surface area contributed by atoms with Gasteiger partial charge in [0.25, 0.3) is 0 Å². The molecular weight excluding hydrogens is 362 g/mol. The van der Waals surface area contributed by atoms with Gasteiger partial charge in [-0.25, -0.2) is 4.98 Å². The highest BCUT2D eigenvalue weighted by Crippen LogP contribution is 2.20. The van der Waals surface area contributed by atoms with Crippen molar-refractivity contribution in [2.24, 2.45) is 10.9 Å². The van der Waals surface area contributed by atoms with Crippen molar-refractivity contribution in [3.05, 3.63) is 38.0 Å². The number of aryl methyl sites for hydroxylation is 2. The maximum Gasteiger partial charge on any atom is 0.191 e. The maximum absolute atomic E-state index is 4.58. The van der Waals surface area contributed by atoms with Gasteiger partial charge in [0.05, 0.1) is 12.2 Å². The molecule has 0 radical (unpaired) electrons. The number of aromatic nitrogens is 1. The first-order valence-electron chi connectivity index (χ1n) is 9.26. The minimum absolute atomic E-state index is 0.673. The van der Waals surface area contributed by atoms with E-state index in [2.05, 4.69) is 56.9 Å². The Labute approximate surface area is 164 Å². The second-order valence-electron chi connectivity index (χ2n) is 6.88. The topological polar surface area (TPSA) is 52.6 Å². The molecule has 3 rings (SSSR count). The summed E-state index contributed by atoms with van der Waals surface area (Å²) in [7, 11) is 1.83. The summed E-state index contributed by atoms with van der Waals surface area (Å²) in [6.07, 6.45) is 2.57. The Bertz CT molecular complexity index is 688. The first-order chi connectivity index (χ1) is 12.6. The molecule has 26 heavy (non-hydrogen) atoms. The molecule has 2 aromatic heterocycles. The molecule has 1 aliphatic heterocycles. The second-order valence-corrected chi connectivity index (χ2v) is 9.20. The molecule has 0 bridgehead atoms. The molecule has 1 unspecified atom stereocenters. The van der Waals surface area contributed by atoms with Crippen molar-refractivity contribution in [1.29, 1.82) is 0 Å². The number of nitrogens with zero attached hydrogens (tertiary/aromatic N) is 3. The minimum Gasteiger partial charge on any atom is -0.356 e. The number of hydrogen-bond acceptors (Lipinski definition) is 5. The fourth-order valence-corrected chi connectivity index (χ4v) is 4.94. The van der Waals surface area contributed by atoms with Crippen LogP contribution < -0.4 is 10.6 Å². The fourth-order valence-electron chi connectivity index (χ4n) is 3.32. The van der Waals surface area contributed by atoms with Gasteiger partial charge in [0, 0.05) is 36.4 Å². The number of thiazole rings is 1. The zero-order chi connectivity index (χ0) is 18.4. The number of likely N-dealkylation sites (tertiary alicyclic amines) is 1. The van der Waals surface area contributed by atoms with Crippen molar-refractivity contribution in [1.82, 2.24) is 20.5 Å². The highest BCUT2D eigenvalue weighted by Gasteiger charge is 2.20. The standard InChI is InChI=1S/C19H29N5S2/c1-14-15(2)26-18(23-14)11-22-19(20-3)21-10-16-6-4-8-24(12-16)13-17-7-5-9-25-17/h5,7,9,16H,4,6,8,10-13H2,1-3H3,(H2,20,21,22). The number of guanidine groups is 1. The molecule has 0 saturated carbocycles. The van der Waals surface area contributed by atoms with Gasteiger partial charge in [-0.3, -0.25) is 9.89 Å². The number of hydrogen-bond donors (Lipinski definition) is 2.